The number of esters is 1. The molecule has 4 nitrogen and oxygen atoms in total. The molecule has 186 valence electrons. The highest BCUT2D eigenvalue weighted by Gasteiger charge is 2.25. The van der Waals surface area contributed by atoms with Gasteiger partial charge in [-0.2, -0.15) is 0 Å². The third kappa shape index (κ3) is 5.32. The monoisotopic (exact) mass is 545 g/mol. The Morgan fingerprint density at radius 3 is 2.43 bits per heavy atom. The van der Waals surface area contributed by atoms with E-state index in [1.165, 1.54) is 28.2 Å². The Bertz CT molecular complexity index is 1580. The molecule has 5 rings (SSSR count). The molecular weight excluding hydrogens is 522 g/mol. The van der Waals surface area contributed by atoms with E-state index in [0.29, 0.717) is 32.4 Å². The minimum atomic E-state index is -0.472. The van der Waals surface area contributed by atoms with Gasteiger partial charge in [-0.25, -0.2) is 4.79 Å². The smallest absolute Gasteiger partial charge is 0.341 e. The number of nitrogens with one attached hydrogen (secondary N) is 1. The number of halogens is 1. The Labute approximate surface area is 228 Å². The van der Waals surface area contributed by atoms with Gasteiger partial charge in [-0.3, -0.25) is 4.79 Å². The van der Waals surface area contributed by atoms with Crippen LogP contribution in [0, 0.1) is 6.92 Å². The molecule has 0 unspecified atom stereocenters. The average molecular weight is 546 g/mol. The summed E-state index contributed by atoms with van der Waals surface area (Å²) in [6.45, 7) is 4.06. The van der Waals surface area contributed by atoms with E-state index >= 15 is 0 Å². The molecule has 0 spiro atoms. The number of benzene rings is 3. The first kappa shape index (κ1) is 25.2. The van der Waals surface area contributed by atoms with Crippen molar-refractivity contribution in [1.82, 2.24) is 0 Å². The second-order valence-corrected chi connectivity index (χ2v) is 11.0. The lowest BCUT2D eigenvalue weighted by atomic mass is 10.0. The topological polar surface area (TPSA) is 55.4 Å². The third-order valence-corrected chi connectivity index (χ3v) is 8.42. The maximum absolute atomic E-state index is 13.7. The minimum Gasteiger partial charge on any atom is -0.462 e. The molecule has 0 atom stereocenters. The Morgan fingerprint density at radius 2 is 1.70 bits per heavy atom. The van der Waals surface area contributed by atoms with Gasteiger partial charge in [0.1, 0.15) is 10.6 Å². The normalized spacial score (nSPS) is 11.0. The van der Waals surface area contributed by atoms with Crippen LogP contribution in [0.4, 0.5) is 5.00 Å². The predicted molar refractivity (Wildman–Crippen MR) is 154 cm³/mol. The number of amides is 1. The molecule has 7 heteroatoms. The van der Waals surface area contributed by atoms with E-state index in [0.717, 1.165) is 26.8 Å². The molecule has 0 saturated heterocycles. The Balaban J connectivity index is 1.53. The molecule has 2 heterocycles. The van der Waals surface area contributed by atoms with E-state index in [1.54, 1.807) is 19.1 Å². The first-order valence-electron chi connectivity index (χ1n) is 11.9. The van der Waals surface area contributed by atoms with Crippen molar-refractivity contribution in [1.29, 1.82) is 0 Å². The van der Waals surface area contributed by atoms with Crippen molar-refractivity contribution in [3.63, 3.8) is 0 Å². The summed E-state index contributed by atoms with van der Waals surface area (Å²) < 4.78 is 6.40. The first-order valence-corrected chi connectivity index (χ1v) is 13.9. The largest absolute Gasteiger partial charge is 0.462 e. The van der Waals surface area contributed by atoms with Crippen molar-refractivity contribution >= 4 is 61.2 Å². The molecule has 0 radical (unpaired) electrons. The van der Waals surface area contributed by atoms with E-state index in [9.17, 15) is 9.59 Å². The first-order chi connectivity index (χ1) is 17.9. The highest BCUT2D eigenvalue weighted by Crippen LogP contribution is 2.38. The van der Waals surface area contributed by atoms with Crippen molar-refractivity contribution < 1.29 is 14.3 Å². The van der Waals surface area contributed by atoms with E-state index < -0.39 is 5.97 Å². The van der Waals surface area contributed by atoms with Gasteiger partial charge in [0.2, 0.25) is 0 Å². The maximum atomic E-state index is 13.7. The molecule has 37 heavy (non-hydrogen) atoms. The molecule has 0 aliphatic heterocycles. The fraction of sp³-hybridized carbons (Fsp3) is 0.133. The van der Waals surface area contributed by atoms with Crippen molar-refractivity contribution in [2.45, 2.75) is 20.3 Å². The van der Waals surface area contributed by atoms with Crippen molar-refractivity contribution in [2.75, 3.05) is 11.9 Å². The molecule has 0 bridgehead atoms. The fourth-order valence-electron chi connectivity index (χ4n) is 4.23. The van der Waals surface area contributed by atoms with E-state index in [2.05, 4.69) is 42.6 Å². The summed E-state index contributed by atoms with van der Waals surface area (Å²) in [5.74, 6) is -0.710. The van der Waals surface area contributed by atoms with E-state index in [4.69, 9.17) is 16.3 Å². The summed E-state index contributed by atoms with van der Waals surface area (Å²) >= 11 is 8.84. The van der Waals surface area contributed by atoms with Gasteiger partial charge >= 0.3 is 5.97 Å². The van der Waals surface area contributed by atoms with Crippen molar-refractivity contribution in [3.8, 4) is 11.1 Å². The van der Waals surface area contributed by atoms with Gasteiger partial charge in [0.15, 0.2) is 0 Å². The standard InChI is InChI=1S/C30H24ClNO3S2/c1-3-35-30(34)26-24(20-12-14-21(31)15-13-20)17-36-29(26)32-28(33)27-23(16-19-10-8-18(2)9-11-19)22-6-4-5-7-25(22)37-27/h4-15,17H,3,16H2,1-2H3,(H,32,33). The van der Waals surface area contributed by atoms with Gasteiger partial charge in [0.25, 0.3) is 5.91 Å². The van der Waals surface area contributed by atoms with Crippen LogP contribution in [0.5, 0.6) is 0 Å². The van der Waals surface area contributed by atoms with Crippen LogP contribution in [0.1, 0.15) is 43.6 Å². The number of ether oxygens (including phenoxy) is 1. The molecule has 1 amide bonds. The summed E-state index contributed by atoms with van der Waals surface area (Å²) in [5.41, 5.74) is 5.18. The summed E-state index contributed by atoms with van der Waals surface area (Å²) in [4.78, 5) is 27.3. The minimum absolute atomic E-state index is 0.235. The third-order valence-electron chi connectivity index (χ3n) is 6.06. The van der Waals surface area contributed by atoms with Gasteiger partial charge < -0.3 is 10.1 Å². The van der Waals surface area contributed by atoms with Gasteiger partial charge in [-0.1, -0.05) is 71.8 Å². The molecule has 1 N–H and O–H groups in total. The van der Waals surface area contributed by atoms with E-state index in [1.807, 2.05) is 35.7 Å². The quantitative estimate of drug-likeness (QED) is 0.208. The number of aryl methyl sites for hydroxylation is 1. The van der Waals surface area contributed by atoms with Crippen LogP contribution in [0.3, 0.4) is 0 Å². The number of anilines is 1. The zero-order valence-corrected chi connectivity index (χ0v) is 22.7. The van der Waals surface area contributed by atoms with Crippen molar-refractivity contribution in [3.05, 3.63) is 110 Å². The number of hydrogen-bond acceptors (Lipinski definition) is 5. The second kappa shape index (κ2) is 10.9. The SMILES string of the molecule is CCOC(=O)c1c(-c2ccc(Cl)cc2)csc1NC(=O)c1sc2ccccc2c1Cc1ccc(C)cc1. The number of carbonyl (C=O) groups excluding carboxylic acids is 2. The summed E-state index contributed by atoms with van der Waals surface area (Å²) in [6.07, 6.45) is 0.637. The van der Waals surface area contributed by atoms with Crippen LogP contribution in [0.15, 0.2) is 78.2 Å². The molecular formula is C30H24ClNO3S2. The van der Waals surface area contributed by atoms with Crippen molar-refractivity contribution in [2.24, 2.45) is 0 Å². The Morgan fingerprint density at radius 1 is 0.973 bits per heavy atom. The lowest BCUT2D eigenvalue weighted by molar-refractivity contribution is 0.0529. The number of hydrogen-bond donors (Lipinski definition) is 1. The van der Waals surface area contributed by atoms with Gasteiger partial charge in [0.05, 0.1) is 11.5 Å². The molecule has 3 aromatic carbocycles. The van der Waals surface area contributed by atoms with Gasteiger partial charge in [-0.05, 0) is 60.5 Å². The number of fused-ring (bicyclic) bond motifs is 1. The lowest BCUT2D eigenvalue weighted by Gasteiger charge is -2.10. The zero-order valence-electron chi connectivity index (χ0n) is 20.3. The van der Waals surface area contributed by atoms with E-state index in [-0.39, 0.29) is 12.5 Å². The molecule has 0 aliphatic carbocycles. The number of carbonyl (C=O) groups is 2. The highest BCUT2D eigenvalue weighted by atomic mass is 35.5. The summed E-state index contributed by atoms with van der Waals surface area (Å²) in [7, 11) is 0. The molecule has 0 aliphatic rings. The number of thiophene rings is 2. The van der Waals surface area contributed by atoms with Gasteiger partial charge in [0, 0.05) is 20.7 Å². The number of rotatable bonds is 7. The van der Waals surface area contributed by atoms with Gasteiger partial charge in [-0.15, -0.1) is 22.7 Å². The lowest BCUT2D eigenvalue weighted by Crippen LogP contribution is -2.15. The Hall–Kier alpha value is -3.45. The van der Waals surface area contributed by atoms with Crippen LogP contribution >= 0.6 is 34.3 Å². The van der Waals surface area contributed by atoms with Crippen LogP contribution in [0.2, 0.25) is 5.02 Å². The average Bonchev–Trinajstić information content (AvgIpc) is 3.48. The Kier molecular flexibility index (Phi) is 7.42. The molecule has 2 aromatic heterocycles. The fourth-order valence-corrected chi connectivity index (χ4v) is 6.42. The second-order valence-electron chi connectivity index (χ2n) is 8.60. The predicted octanol–water partition coefficient (Wildman–Crippen LogP) is 8.61. The summed E-state index contributed by atoms with van der Waals surface area (Å²) in [5, 5.41) is 7.03. The van der Waals surface area contributed by atoms with Crippen LogP contribution < -0.4 is 5.32 Å². The molecule has 0 saturated carbocycles. The summed E-state index contributed by atoms with van der Waals surface area (Å²) in [6, 6.07) is 23.7. The zero-order chi connectivity index (χ0) is 25.9. The highest BCUT2D eigenvalue weighted by molar-refractivity contribution is 7.21. The van der Waals surface area contributed by atoms with Crippen LogP contribution in [0.25, 0.3) is 21.2 Å². The maximum Gasteiger partial charge on any atom is 0.341 e. The molecule has 0 fully saturated rings. The van der Waals surface area contributed by atoms with Crippen LogP contribution in [-0.2, 0) is 11.2 Å². The molecule has 5 aromatic rings. The van der Waals surface area contributed by atoms with Crippen LogP contribution in [-0.4, -0.2) is 18.5 Å².